The molecular formula is C15H20F3N3. The molecule has 3 nitrogen and oxygen atoms in total. The van der Waals surface area contributed by atoms with Gasteiger partial charge in [-0.2, -0.15) is 13.2 Å². The van der Waals surface area contributed by atoms with Crippen LogP contribution in [0.1, 0.15) is 37.3 Å². The highest BCUT2D eigenvalue weighted by Crippen LogP contribution is 2.35. The molecular weight excluding hydrogens is 279 g/mol. The Labute approximate surface area is 122 Å². The molecule has 1 fully saturated rings. The highest BCUT2D eigenvalue weighted by atomic mass is 19.4. The van der Waals surface area contributed by atoms with Crippen molar-refractivity contribution >= 4 is 11.5 Å². The smallest absolute Gasteiger partial charge is 0.384 e. The number of nitrogen functional groups attached to an aromatic ring is 1. The molecule has 116 valence electrons. The second-order valence-corrected chi connectivity index (χ2v) is 5.50. The summed E-state index contributed by atoms with van der Waals surface area (Å²) < 4.78 is 39.4. The summed E-state index contributed by atoms with van der Waals surface area (Å²) in [5.41, 5.74) is 4.73. The number of halogens is 3. The monoisotopic (exact) mass is 299 g/mol. The van der Waals surface area contributed by atoms with Crippen LogP contribution in [0.25, 0.3) is 0 Å². The van der Waals surface area contributed by atoms with Gasteiger partial charge in [0.2, 0.25) is 0 Å². The number of nitrogens with one attached hydrogen (secondary N) is 1. The number of benzene rings is 1. The molecule has 0 radical (unpaired) electrons. The molecule has 1 atom stereocenters. The molecule has 1 aliphatic rings. The summed E-state index contributed by atoms with van der Waals surface area (Å²) in [4.78, 5) is 2.00. The van der Waals surface area contributed by atoms with Crippen molar-refractivity contribution < 1.29 is 13.2 Å². The highest BCUT2D eigenvalue weighted by Gasteiger charge is 2.35. The topological polar surface area (TPSA) is 53.1 Å². The first kappa shape index (κ1) is 15.7. The van der Waals surface area contributed by atoms with E-state index >= 15 is 0 Å². The van der Waals surface area contributed by atoms with E-state index < -0.39 is 17.6 Å². The Morgan fingerprint density at radius 3 is 2.71 bits per heavy atom. The minimum absolute atomic E-state index is 0.254. The van der Waals surface area contributed by atoms with E-state index in [1.807, 2.05) is 4.90 Å². The summed E-state index contributed by atoms with van der Waals surface area (Å²) in [5, 5.41) is 7.30. The minimum atomic E-state index is -4.50. The zero-order valence-electron chi connectivity index (χ0n) is 12.0. The molecule has 0 aliphatic carbocycles. The first-order chi connectivity index (χ1) is 9.82. The fourth-order valence-electron chi connectivity index (χ4n) is 2.83. The van der Waals surface area contributed by atoms with Gasteiger partial charge in [-0.15, -0.1) is 0 Å². The Morgan fingerprint density at radius 1 is 1.43 bits per heavy atom. The summed E-state index contributed by atoms with van der Waals surface area (Å²) in [6.45, 7) is 3.66. The third-order valence-corrected chi connectivity index (χ3v) is 4.06. The van der Waals surface area contributed by atoms with Crippen molar-refractivity contribution in [3.63, 3.8) is 0 Å². The summed E-state index contributed by atoms with van der Waals surface area (Å²) in [6, 6.07) is 4.05. The number of hydrogen-bond donors (Lipinski definition) is 2. The number of piperidine rings is 1. The minimum Gasteiger partial charge on any atom is -0.384 e. The number of nitrogens with two attached hydrogens (primary N) is 1. The van der Waals surface area contributed by atoms with E-state index in [0.717, 1.165) is 38.4 Å². The van der Waals surface area contributed by atoms with Crippen LogP contribution in [0.2, 0.25) is 0 Å². The SMILES string of the molecule is CCC1CCCN(c2ccc(C(=N)N)c(C(F)(F)F)c2)C1. The molecule has 1 saturated heterocycles. The maximum atomic E-state index is 13.1. The third-order valence-electron chi connectivity index (χ3n) is 4.06. The molecule has 1 unspecified atom stereocenters. The van der Waals surface area contributed by atoms with Crippen LogP contribution in [0.4, 0.5) is 18.9 Å². The molecule has 0 amide bonds. The van der Waals surface area contributed by atoms with Gasteiger partial charge in [0.1, 0.15) is 5.84 Å². The molecule has 6 heteroatoms. The summed E-state index contributed by atoms with van der Waals surface area (Å²) in [5.74, 6) is -0.0282. The van der Waals surface area contributed by atoms with Gasteiger partial charge in [0.15, 0.2) is 0 Å². The van der Waals surface area contributed by atoms with E-state index in [-0.39, 0.29) is 5.56 Å². The molecule has 1 aromatic carbocycles. The molecule has 1 aromatic rings. The predicted molar refractivity (Wildman–Crippen MR) is 77.7 cm³/mol. The van der Waals surface area contributed by atoms with Crippen LogP contribution in [-0.4, -0.2) is 18.9 Å². The lowest BCUT2D eigenvalue weighted by molar-refractivity contribution is -0.137. The number of alkyl halides is 3. The van der Waals surface area contributed by atoms with Gasteiger partial charge < -0.3 is 10.6 Å². The van der Waals surface area contributed by atoms with Crippen LogP contribution >= 0.6 is 0 Å². The predicted octanol–water partition coefficient (Wildman–Crippen LogP) is 3.62. The number of hydrogen-bond acceptors (Lipinski definition) is 2. The average molecular weight is 299 g/mol. The summed E-state index contributed by atoms with van der Waals surface area (Å²) >= 11 is 0. The van der Waals surface area contributed by atoms with Crippen molar-refractivity contribution in [2.24, 2.45) is 11.7 Å². The first-order valence-corrected chi connectivity index (χ1v) is 7.13. The van der Waals surface area contributed by atoms with Gasteiger partial charge in [0.05, 0.1) is 5.56 Å². The standard InChI is InChI=1S/C15H20F3N3/c1-2-10-4-3-7-21(9-10)11-5-6-12(14(19)20)13(8-11)15(16,17)18/h5-6,8,10H,2-4,7,9H2,1H3,(H3,19,20). The fraction of sp³-hybridized carbons (Fsp3) is 0.533. The Morgan fingerprint density at radius 2 is 2.14 bits per heavy atom. The fourth-order valence-corrected chi connectivity index (χ4v) is 2.83. The normalized spacial score (nSPS) is 19.6. The number of anilines is 1. The number of amidine groups is 1. The summed E-state index contributed by atoms with van der Waals surface area (Å²) in [7, 11) is 0. The Hall–Kier alpha value is -1.72. The molecule has 1 aliphatic heterocycles. The van der Waals surface area contributed by atoms with Crippen LogP contribution in [0.15, 0.2) is 18.2 Å². The average Bonchev–Trinajstić information content (AvgIpc) is 2.45. The molecule has 3 N–H and O–H groups in total. The Balaban J connectivity index is 2.35. The second kappa shape index (κ2) is 5.95. The lowest BCUT2D eigenvalue weighted by Crippen LogP contribution is -2.35. The van der Waals surface area contributed by atoms with Crippen molar-refractivity contribution in [3.8, 4) is 0 Å². The van der Waals surface area contributed by atoms with Gasteiger partial charge in [-0.3, -0.25) is 5.41 Å². The number of nitrogens with zero attached hydrogens (tertiary/aromatic N) is 1. The zero-order valence-corrected chi connectivity index (χ0v) is 12.0. The Bertz CT molecular complexity index is 525. The number of rotatable bonds is 3. The molecule has 0 aromatic heterocycles. The molecule has 0 spiro atoms. The quantitative estimate of drug-likeness (QED) is 0.661. The van der Waals surface area contributed by atoms with E-state index in [1.165, 1.54) is 6.07 Å². The van der Waals surface area contributed by atoms with Gasteiger partial charge in [-0.25, -0.2) is 0 Å². The molecule has 21 heavy (non-hydrogen) atoms. The molecule has 0 bridgehead atoms. The van der Waals surface area contributed by atoms with E-state index in [0.29, 0.717) is 11.6 Å². The van der Waals surface area contributed by atoms with Crippen molar-refractivity contribution in [2.45, 2.75) is 32.4 Å². The van der Waals surface area contributed by atoms with Crippen molar-refractivity contribution in [1.82, 2.24) is 0 Å². The molecule has 1 heterocycles. The largest absolute Gasteiger partial charge is 0.417 e. The van der Waals surface area contributed by atoms with Crippen molar-refractivity contribution in [2.75, 3.05) is 18.0 Å². The molecule has 0 saturated carbocycles. The van der Waals surface area contributed by atoms with E-state index in [4.69, 9.17) is 11.1 Å². The third kappa shape index (κ3) is 3.49. The first-order valence-electron chi connectivity index (χ1n) is 7.13. The van der Waals surface area contributed by atoms with Gasteiger partial charge in [-0.05, 0) is 37.0 Å². The van der Waals surface area contributed by atoms with E-state index in [2.05, 4.69) is 6.92 Å². The lowest BCUT2D eigenvalue weighted by Gasteiger charge is -2.34. The van der Waals surface area contributed by atoms with Crippen molar-refractivity contribution in [3.05, 3.63) is 29.3 Å². The van der Waals surface area contributed by atoms with Gasteiger partial charge >= 0.3 is 6.18 Å². The van der Waals surface area contributed by atoms with Gasteiger partial charge in [-0.1, -0.05) is 13.3 Å². The Kier molecular flexibility index (Phi) is 4.44. The van der Waals surface area contributed by atoms with Crippen LogP contribution in [0, 0.1) is 11.3 Å². The van der Waals surface area contributed by atoms with Gasteiger partial charge in [0, 0.05) is 24.3 Å². The second-order valence-electron chi connectivity index (χ2n) is 5.50. The van der Waals surface area contributed by atoms with Crippen LogP contribution < -0.4 is 10.6 Å². The van der Waals surface area contributed by atoms with Crippen LogP contribution in [-0.2, 0) is 6.18 Å². The lowest BCUT2D eigenvalue weighted by atomic mass is 9.94. The van der Waals surface area contributed by atoms with Gasteiger partial charge in [0.25, 0.3) is 0 Å². The maximum Gasteiger partial charge on any atom is 0.417 e. The van der Waals surface area contributed by atoms with Crippen LogP contribution in [0.3, 0.4) is 0 Å². The summed E-state index contributed by atoms with van der Waals surface area (Å²) in [6.07, 6.45) is -1.34. The van der Waals surface area contributed by atoms with E-state index in [9.17, 15) is 13.2 Å². The highest BCUT2D eigenvalue weighted by molar-refractivity contribution is 5.97. The maximum absolute atomic E-state index is 13.1. The zero-order chi connectivity index (χ0) is 15.6. The van der Waals surface area contributed by atoms with Crippen molar-refractivity contribution in [1.29, 1.82) is 5.41 Å². The van der Waals surface area contributed by atoms with E-state index in [1.54, 1.807) is 6.07 Å². The molecule has 2 rings (SSSR count). The van der Waals surface area contributed by atoms with Crippen LogP contribution in [0.5, 0.6) is 0 Å².